The van der Waals surface area contributed by atoms with E-state index in [0.29, 0.717) is 6.04 Å². The van der Waals surface area contributed by atoms with Crippen molar-refractivity contribution in [2.45, 2.75) is 38.1 Å². The Kier molecular flexibility index (Phi) is 3.31. The van der Waals surface area contributed by atoms with Crippen molar-refractivity contribution in [2.24, 2.45) is 5.73 Å². The third-order valence-corrected chi connectivity index (χ3v) is 3.95. The molecule has 3 rings (SSSR count). The molecule has 96 valence electrons. The minimum absolute atomic E-state index is 0.318. The summed E-state index contributed by atoms with van der Waals surface area (Å²) in [5.74, 6) is 1.02. The Morgan fingerprint density at radius 1 is 1.33 bits per heavy atom. The van der Waals surface area contributed by atoms with Gasteiger partial charge >= 0.3 is 0 Å². The minimum Gasteiger partial charge on any atom is -0.492 e. The number of ether oxygens (including phenoxy) is 1. The van der Waals surface area contributed by atoms with Crippen molar-refractivity contribution in [1.82, 2.24) is 0 Å². The van der Waals surface area contributed by atoms with Crippen LogP contribution >= 0.6 is 11.6 Å². The number of nitrogens with two attached hydrogens (primary N) is 1. The van der Waals surface area contributed by atoms with Gasteiger partial charge in [-0.2, -0.15) is 0 Å². The normalized spacial score (nSPS) is 25.0. The lowest BCUT2D eigenvalue weighted by Gasteiger charge is -2.20. The van der Waals surface area contributed by atoms with E-state index in [1.807, 2.05) is 12.1 Å². The van der Waals surface area contributed by atoms with Crippen LogP contribution < -0.4 is 10.5 Å². The molecule has 1 aliphatic carbocycles. The molecule has 1 fully saturated rings. The highest BCUT2D eigenvalue weighted by Crippen LogP contribution is 2.35. The van der Waals surface area contributed by atoms with Crippen molar-refractivity contribution in [3.63, 3.8) is 0 Å². The highest BCUT2D eigenvalue weighted by molar-refractivity contribution is 6.30. The van der Waals surface area contributed by atoms with Crippen molar-refractivity contribution < 1.29 is 4.74 Å². The first kappa shape index (κ1) is 12.1. The third-order valence-electron chi connectivity index (χ3n) is 3.73. The average molecular weight is 264 g/mol. The second-order valence-corrected chi connectivity index (χ2v) is 5.68. The molecule has 1 atom stereocenters. The first-order valence-electron chi connectivity index (χ1n) is 6.62. The Morgan fingerprint density at radius 3 is 3.06 bits per heavy atom. The molecule has 2 N–H and O–H groups in total. The van der Waals surface area contributed by atoms with E-state index in [1.165, 1.54) is 17.6 Å². The average Bonchev–Trinajstić information content (AvgIpc) is 2.77. The van der Waals surface area contributed by atoms with Crippen LogP contribution in [0, 0.1) is 0 Å². The molecule has 0 spiro atoms. The maximum Gasteiger partial charge on any atom is 0.129 e. The van der Waals surface area contributed by atoms with E-state index >= 15 is 0 Å². The molecule has 0 aromatic heterocycles. The number of fused-ring (bicyclic) bond motifs is 1. The molecule has 0 amide bonds. The van der Waals surface area contributed by atoms with Crippen molar-refractivity contribution in [3.05, 3.63) is 33.9 Å². The highest BCUT2D eigenvalue weighted by atomic mass is 35.5. The fourth-order valence-electron chi connectivity index (χ4n) is 2.89. The minimum atomic E-state index is 0.318. The van der Waals surface area contributed by atoms with Crippen LogP contribution in [-0.2, 0) is 6.42 Å². The zero-order chi connectivity index (χ0) is 12.5. The summed E-state index contributed by atoms with van der Waals surface area (Å²) in [7, 11) is 0. The van der Waals surface area contributed by atoms with Gasteiger partial charge in [0.05, 0.1) is 6.61 Å². The van der Waals surface area contributed by atoms with Crippen molar-refractivity contribution >= 4 is 17.7 Å². The summed E-state index contributed by atoms with van der Waals surface area (Å²) in [6.07, 6.45) is 7.68. The van der Waals surface area contributed by atoms with Crippen molar-refractivity contribution in [2.75, 3.05) is 6.61 Å². The summed E-state index contributed by atoms with van der Waals surface area (Å²) in [5.41, 5.74) is 9.80. The Morgan fingerprint density at radius 2 is 2.22 bits per heavy atom. The Bertz CT molecular complexity index is 496. The molecule has 0 saturated heterocycles. The van der Waals surface area contributed by atoms with Crippen LogP contribution in [0.5, 0.6) is 5.75 Å². The molecule has 1 heterocycles. The molecule has 1 aliphatic heterocycles. The van der Waals surface area contributed by atoms with E-state index in [-0.39, 0.29) is 0 Å². The van der Waals surface area contributed by atoms with Gasteiger partial charge in [-0.3, -0.25) is 0 Å². The molecule has 1 aromatic carbocycles. The smallest absolute Gasteiger partial charge is 0.129 e. The van der Waals surface area contributed by atoms with E-state index in [9.17, 15) is 0 Å². The van der Waals surface area contributed by atoms with Crippen LogP contribution in [0.4, 0.5) is 0 Å². The SMILES string of the molecule is NC1CCC/C(=C/c2cc(Cl)cc3c2OCC3)C1. The van der Waals surface area contributed by atoms with Crippen LogP contribution in [-0.4, -0.2) is 12.6 Å². The van der Waals surface area contributed by atoms with Gasteiger partial charge in [-0.1, -0.05) is 23.3 Å². The molecule has 1 aromatic rings. The predicted octanol–water partition coefficient (Wildman–Crippen LogP) is 3.56. The molecule has 0 radical (unpaired) electrons. The fourth-order valence-corrected chi connectivity index (χ4v) is 3.14. The predicted molar refractivity (Wildman–Crippen MR) is 75.1 cm³/mol. The number of hydrogen-bond acceptors (Lipinski definition) is 2. The lowest BCUT2D eigenvalue weighted by Crippen LogP contribution is -2.23. The van der Waals surface area contributed by atoms with Gasteiger partial charge in [0.2, 0.25) is 0 Å². The molecule has 1 unspecified atom stereocenters. The second kappa shape index (κ2) is 4.94. The summed E-state index contributed by atoms with van der Waals surface area (Å²) < 4.78 is 5.72. The van der Waals surface area contributed by atoms with E-state index in [2.05, 4.69) is 6.08 Å². The van der Waals surface area contributed by atoms with Gasteiger partial charge in [-0.15, -0.1) is 0 Å². The lowest BCUT2D eigenvalue weighted by molar-refractivity contribution is 0.356. The van der Waals surface area contributed by atoms with Crippen LogP contribution in [0.15, 0.2) is 17.7 Å². The molecule has 1 saturated carbocycles. The molecule has 3 heteroatoms. The fraction of sp³-hybridized carbons (Fsp3) is 0.467. The zero-order valence-corrected chi connectivity index (χ0v) is 11.2. The van der Waals surface area contributed by atoms with Crippen molar-refractivity contribution in [3.8, 4) is 5.75 Å². The van der Waals surface area contributed by atoms with E-state index in [1.54, 1.807) is 0 Å². The maximum atomic E-state index is 6.17. The topological polar surface area (TPSA) is 35.2 Å². The summed E-state index contributed by atoms with van der Waals surface area (Å²) >= 11 is 6.17. The van der Waals surface area contributed by atoms with Crippen LogP contribution in [0.3, 0.4) is 0 Å². The standard InChI is InChI=1S/C15H18ClNO/c16-13-8-11-4-5-18-15(11)12(9-13)6-10-2-1-3-14(17)7-10/h6,8-9,14H,1-5,7,17H2/b10-6-. The first-order valence-corrected chi connectivity index (χ1v) is 7.00. The van der Waals surface area contributed by atoms with Gasteiger partial charge in [0.25, 0.3) is 0 Å². The Hall–Kier alpha value is -0.990. The van der Waals surface area contributed by atoms with Gasteiger partial charge in [-0.05, 0) is 43.4 Å². The summed E-state index contributed by atoms with van der Waals surface area (Å²) in [6, 6.07) is 4.33. The van der Waals surface area contributed by atoms with E-state index in [4.69, 9.17) is 22.1 Å². The van der Waals surface area contributed by atoms with Gasteiger partial charge in [0.15, 0.2) is 0 Å². The van der Waals surface area contributed by atoms with Gasteiger partial charge in [-0.25, -0.2) is 0 Å². The Balaban J connectivity index is 1.95. The van der Waals surface area contributed by atoms with E-state index in [0.717, 1.165) is 48.6 Å². The molecule has 0 bridgehead atoms. The van der Waals surface area contributed by atoms with Gasteiger partial charge in [0, 0.05) is 23.0 Å². The number of hydrogen-bond donors (Lipinski definition) is 1. The molecular weight excluding hydrogens is 246 g/mol. The molecule has 18 heavy (non-hydrogen) atoms. The third kappa shape index (κ3) is 2.40. The summed E-state index contributed by atoms with van der Waals surface area (Å²) in [5, 5.41) is 0.797. The van der Waals surface area contributed by atoms with Crippen LogP contribution in [0.1, 0.15) is 36.8 Å². The maximum absolute atomic E-state index is 6.17. The van der Waals surface area contributed by atoms with Gasteiger partial charge < -0.3 is 10.5 Å². The monoisotopic (exact) mass is 263 g/mol. The Labute approximate surface area is 113 Å². The molecule has 2 nitrogen and oxygen atoms in total. The lowest BCUT2D eigenvalue weighted by atomic mass is 9.89. The zero-order valence-electron chi connectivity index (χ0n) is 10.4. The summed E-state index contributed by atoms with van der Waals surface area (Å²) in [6.45, 7) is 0.769. The van der Waals surface area contributed by atoms with Crippen LogP contribution in [0.25, 0.3) is 6.08 Å². The van der Waals surface area contributed by atoms with E-state index < -0.39 is 0 Å². The quantitative estimate of drug-likeness (QED) is 0.841. The molecule has 2 aliphatic rings. The molecular formula is C15H18ClNO. The van der Waals surface area contributed by atoms with Crippen molar-refractivity contribution in [1.29, 1.82) is 0 Å². The second-order valence-electron chi connectivity index (χ2n) is 5.24. The highest BCUT2D eigenvalue weighted by Gasteiger charge is 2.18. The largest absolute Gasteiger partial charge is 0.492 e. The number of halogens is 1. The first-order chi connectivity index (χ1) is 8.72. The summed E-state index contributed by atoms with van der Waals surface area (Å²) in [4.78, 5) is 0. The number of rotatable bonds is 1. The van der Waals surface area contributed by atoms with Crippen LogP contribution in [0.2, 0.25) is 5.02 Å². The van der Waals surface area contributed by atoms with Gasteiger partial charge in [0.1, 0.15) is 5.75 Å². The number of benzene rings is 1.